The van der Waals surface area contributed by atoms with Crippen molar-refractivity contribution in [3.05, 3.63) is 83.6 Å². The van der Waals surface area contributed by atoms with Gasteiger partial charge in [0.2, 0.25) is 0 Å². The van der Waals surface area contributed by atoms with E-state index in [1.54, 1.807) is 19.1 Å². The van der Waals surface area contributed by atoms with Crippen molar-refractivity contribution in [2.45, 2.75) is 23.1 Å². The van der Waals surface area contributed by atoms with Gasteiger partial charge in [0.15, 0.2) is 0 Å². The van der Waals surface area contributed by atoms with Gasteiger partial charge in [-0.1, -0.05) is 36.0 Å². The summed E-state index contributed by atoms with van der Waals surface area (Å²) >= 11 is 1.44. The third-order valence-corrected chi connectivity index (χ3v) is 6.86. The van der Waals surface area contributed by atoms with Crippen LogP contribution < -0.4 is 4.90 Å². The van der Waals surface area contributed by atoms with Crippen LogP contribution in [-0.2, 0) is 4.74 Å². The largest absolute Gasteiger partial charge is 0.462 e. The number of rotatable bonds is 6. The molecule has 0 spiro atoms. The van der Waals surface area contributed by atoms with Gasteiger partial charge in [0.1, 0.15) is 11.9 Å². The van der Waals surface area contributed by atoms with E-state index in [1.165, 1.54) is 18.0 Å². The van der Waals surface area contributed by atoms with Crippen LogP contribution in [0.25, 0.3) is 0 Å². The van der Waals surface area contributed by atoms with Gasteiger partial charge in [0, 0.05) is 42.2 Å². The lowest BCUT2D eigenvalue weighted by Crippen LogP contribution is -2.35. The van der Waals surface area contributed by atoms with Gasteiger partial charge in [-0.05, 0) is 49.7 Å². The zero-order valence-electron chi connectivity index (χ0n) is 19.5. The summed E-state index contributed by atoms with van der Waals surface area (Å²) in [6.07, 6.45) is 2.34. The average Bonchev–Trinajstić information content (AvgIpc) is 3.16. The Labute approximate surface area is 209 Å². The van der Waals surface area contributed by atoms with Crippen LogP contribution in [0.1, 0.15) is 39.6 Å². The van der Waals surface area contributed by atoms with E-state index in [2.05, 4.69) is 16.0 Å². The first-order valence-electron chi connectivity index (χ1n) is 11.5. The van der Waals surface area contributed by atoms with Crippen molar-refractivity contribution in [1.29, 1.82) is 5.26 Å². The topological polar surface area (TPSA) is 86.5 Å². The second-order valence-electron chi connectivity index (χ2n) is 7.96. The molecule has 0 radical (unpaired) electrons. The maximum atomic E-state index is 13.5. The zero-order valence-corrected chi connectivity index (χ0v) is 20.3. The Kier molecular flexibility index (Phi) is 8.01. The molecule has 0 N–H and O–H groups in total. The van der Waals surface area contributed by atoms with E-state index in [0.717, 1.165) is 28.6 Å². The molecule has 0 saturated carbocycles. The zero-order chi connectivity index (χ0) is 24.6. The van der Waals surface area contributed by atoms with Gasteiger partial charge in [0.25, 0.3) is 5.91 Å². The lowest BCUT2D eigenvalue weighted by molar-refractivity contribution is 0.0525. The first kappa shape index (κ1) is 24.3. The Balaban J connectivity index is 1.46. The fourth-order valence-electron chi connectivity index (χ4n) is 3.93. The molecule has 1 aromatic heterocycles. The van der Waals surface area contributed by atoms with Crippen LogP contribution in [0.15, 0.2) is 76.7 Å². The van der Waals surface area contributed by atoms with Crippen molar-refractivity contribution in [2.24, 2.45) is 0 Å². The van der Waals surface area contributed by atoms with Crippen molar-refractivity contribution in [3.63, 3.8) is 0 Å². The maximum Gasteiger partial charge on any atom is 0.339 e. The Bertz CT molecular complexity index is 1240. The molecule has 8 heteroatoms. The van der Waals surface area contributed by atoms with E-state index < -0.39 is 0 Å². The van der Waals surface area contributed by atoms with Crippen molar-refractivity contribution < 1.29 is 14.3 Å². The summed E-state index contributed by atoms with van der Waals surface area (Å²) in [5.41, 5.74) is 1.65. The number of benzene rings is 2. The van der Waals surface area contributed by atoms with E-state index in [-0.39, 0.29) is 11.9 Å². The molecule has 2 heterocycles. The van der Waals surface area contributed by atoms with Gasteiger partial charge >= 0.3 is 5.97 Å². The second kappa shape index (κ2) is 11.5. The quantitative estimate of drug-likeness (QED) is 0.469. The molecule has 0 atom stereocenters. The second-order valence-corrected chi connectivity index (χ2v) is 9.05. The molecule has 4 rings (SSSR count). The molecule has 35 heavy (non-hydrogen) atoms. The molecule has 7 nitrogen and oxygen atoms in total. The number of amides is 1. The number of esters is 1. The van der Waals surface area contributed by atoms with Gasteiger partial charge in [0.05, 0.1) is 23.3 Å². The number of hydrogen-bond donors (Lipinski definition) is 0. The summed E-state index contributed by atoms with van der Waals surface area (Å²) in [5.74, 6) is 0.375. The highest BCUT2D eigenvalue weighted by atomic mass is 32.2. The van der Waals surface area contributed by atoms with E-state index in [9.17, 15) is 14.9 Å². The third kappa shape index (κ3) is 5.81. The van der Waals surface area contributed by atoms with Gasteiger partial charge in [-0.3, -0.25) is 4.79 Å². The number of ether oxygens (including phenoxy) is 1. The highest BCUT2D eigenvalue weighted by molar-refractivity contribution is 7.99. The number of aromatic nitrogens is 1. The first-order valence-corrected chi connectivity index (χ1v) is 12.4. The van der Waals surface area contributed by atoms with Crippen molar-refractivity contribution in [3.8, 4) is 6.07 Å². The van der Waals surface area contributed by atoms with Crippen LogP contribution >= 0.6 is 11.8 Å². The van der Waals surface area contributed by atoms with Crippen LogP contribution in [-0.4, -0.2) is 54.5 Å². The summed E-state index contributed by atoms with van der Waals surface area (Å²) in [6.45, 7) is 4.71. The number of nitriles is 1. The molecule has 1 amide bonds. The predicted molar refractivity (Wildman–Crippen MR) is 135 cm³/mol. The fraction of sp³-hybridized carbons (Fsp3) is 0.259. The molecule has 1 fully saturated rings. The maximum absolute atomic E-state index is 13.5. The number of hydrogen-bond acceptors (Lipinski definition) is 7. The summed E-state index contributed by atoms with van der Waals surface area (Å²) in [7, 11) is 0. The van der Waals surface area contributed by atoms with Crippen molar-refractivity contribution >= 4 is 29.5 Å². The molecule has 0 aliphatic carbocycles. The van der Waals surface area contributed by atoms with Crippen LogP contribution in [0.2, 0.25) is 0 Å². The summed E-state index contributed by atoms with van der Waals surface area (Å²) < 4.78 is 5.02. The minimum atomic E-state index is -0.381. The summed E-state index contributed by atoms with van der Waals surface area (Å²) in [5, 5.41) is 9.42. The number of pyridine rings is 1. The summed E-state index contributed by atoms with van der Waals surface area (Å²) in [6, 6.07) is 20.7. The molecule has 0 unspecified atom stereocenters. The smallest absolute Gasteiger partial charge is 0.339 e. The lowest BCUT2D eigenvalue weighted by Gasteiger charge is -2.23. The molecule has 2 aromatic carbocycles. The predicted octanol–water partition coefficient (Wildman–Crippen LogP) is 4.63. The molecule has 178 valence electrons. The van der Waals surface area contributed by atoms with Gasteiger partial charge in [-0.2, -0.15) is 5.26 Å². The van der Waals surface area contributed by atoms with Crippen LogP contribution in [0, 0.1) is 11.3 Å². The monoisotopic (exact) mass is 486 g/mol. The Morgan fingerprint density at radius 1 is 1.00 bits per heavy atom. The number of anilines is 1. The van der Waals surface area contributed by atoms with E-state index in [1.807, 2.05) is 53.4 Å². The fourth-order valence-corrected chi connectivity index (χ4v) is 4.95. The molecular weight excluding hydrogens is 460 g/mol. The SMILES string of the molecule is CCOC(=O)c1ccc(N2CCCN(C(=O)c3ccccc3Sc3ccccc3C#N)CC2)nc1. The third-order valence-electron chi connectivity index (χ3n) is 5.71. The highest BCUT2D eigenvalue weighted by Gasteiger charge is 2.23. The average molecular weight is 487 g/mol. The Hall–Kier alpha value is -3.83. The minimum Gasteiger partial charge on any atom is -0.462 e. The molecule has 0 bridgehead atoms. The standard InChI is InChI=1S/C27H26N4O3S/c1-2-34-27(33)21-12-13-25(29-19-21)30-14-7-15-31(17-16-30)26(32)22-9-4-6-11-24(22)35-23-10-5-3-8-20(23)18-28/h3-6,8-13,19H,2,7,14-17H2,1H3. The molecule has 1 aliphatic rings. The van der Waals surface area contributed by atoms with Crippen LogP contribution in [0.5, 0.6) is 0 Å². The molecule has 3 aromatic rings. The number of carbonyl (C=O) groups excluding carboxylic acids is 2. The first-order chi connectivity index (χ1) is 17.1. The van der Waals surface area contributed by atoms with E-state index >= 15 is 0 Å². The van der Waals surface area contributed by atoms with Gasteiger partial charge in [-0.25, -0.2) is 9.78 Å². The van der Waals surface area contributed by atoms with Gasteiger partial charge < -0.3 is 14.5 Å². The summed E-state index contributed by atoms with van der Waals surface area (Å²) in [4.78, 5) is 35.5. The van der Waals surface area contributed by atoms with Crippen molar-refractivity contribution in [1.82, 2.24) is 9.88 Å². The highest BCUT2D eigenvalue weighted by Crippen LogP contribution is 2.33. The van der Waals surface area contributed by atoms with Crippen LogP contribution in [0.4, 0.5) is 5.82 Å². The van der Waals surface area contributed by atoms with E-state index in [0.29, 0.717) is 42.9 Å². The number of nitrogens with zero attached hydrogens (tertiary/aromatic N) is 4. The Morgan fingerprint density at radius 2 is 1.77 bits per heavy atom. The van der Waals surface area contributed by atoms with Crippen molar-refractivity contribution in [2.75, 3.05) is 37.7 Å². The molecule has 1 aliphatic heterocycles. The van der Waals surface area contributed by atoms with Crippen LogP contribution in [0.3, 0.4) is 0 Å². The molecular formula is C27H26N4O3S. The van der Waals surface area contributed by atoms with E-state index in [4.69, 9.17) is 4.74 Å². The number of carbonyl (C=O) groups is 2. The molecule has 1 saturated heterocycles. The lowest BCUT2D eigenvalue weighted by atomic mass is 10.2. The Morgan fingerprint density at radius 3 is 2.51 bits per heavy atom. The normalized spacial score (nSPS) is 13.6. The minimum absolute atomic E-state index is 0.0185. The van der Waals surface area contributed by atoms with Gasteiger partial charge in [-0.15, -0.1) is 0 Å².